The zero-order valence-corrected chi connectivity index (χ0v) is 14.8. The van der Waals surface area contributed by atoms with Crippen molar-refractivity contribution in [1.29, 1.82) is 0 Å². The Labute approximate surface area is 148 Å². The predicted octanol–water partition coefficient (Wildman–Crippen LogP) is -1.42. The average Bonchev–Trinajstić information content (AvgIpc) is 2.58. The van der Waals surface area contributed by atoms with Gasteiger partial charge in [0.1, 0.15) is 6.54 Å². The molecule has 2 N–H and O–H groups in total. The van der Waals surface area contributed by atoms with Crippen LogP contribution in [0.2, 0.25) is 0 Å². The maximum absolute atomic E-state index is 12.6. The summed E-state index contributed by atoms with van der Waals surface area (Å²) in [5.41, 5.74) is 0.198. The summed E-state index contributed by atoms with van der Waals surface area (Å²) < 4.78 is 1.17. The fourth-order valence-electron chi connectivity index (χ4n) is 2.83. The molecule has 0 radical (unpaired) electrons. The minimum atomic E-state index is -0.629. The molecule has 2 aromatic heterocycles. The Bertz CT molecular complexity index is 1030. The molecule has 0 saturated heterocycles. The highest BCUT2D eigenvalue weighted by atomic mass is 16.2. The third kappa shape index (κ3) is 3.30. The Balaban J connectivity index is 1.83. The van der Waals surface area contributed by atoms with Gasteiger partial charge in [-0.2, -0.15) is 0 Å². The normalized spacial score (nSPS) is 13.4. The first kappa shape index (κ1) is 17.6. The maximum Gasteiger partial charge on any atom is 0.328 e. The van der Waals surface area contributed by atoms with Crippen LogP contribution >= 0.6 is 0 Å². The molecule has 0 bridgehead atoms. The number of aromatic amines is 2. The Morgan fingerprint density at radius 2 is 1.96 bits per heavy atom. The Hall–Kier alpha value is -3.17. The first-order valence-electron chi connectivity index (χ1n) is 8.14. The van der Waals surface area contributed by atoms with Crippen molar-refractivity contribution >= 4 is 11.9 Å². The highest BCUT2D eigenvalue weighted by Gasteiger charge is 2.25. The van der Waals surface area contributed by atoms with Crippen LogP contribution in [0, 0.1) is 6.92 Å². The summed E-state index contributed by atoms with van der Waals surface area (Å²) in [6.07, 6.45) is 1.76. The van der Waals surface area contributed by atoms with E-state index in [2.05, 4.69) is 15.0 Å². The van der Waals surface area contributed by atoms with E-state index in [0.29, 0.717) is 35.7 Å². The number of nitrogens with one attached hydrogen (secondary N) is 2. The Morgan fingerprint density at radius 1 is 1.23 bits per heavy atom. The summed E-state index contributed by atoms with van der Waals surface area (Å²) in [6, 6.07) is 0. The molecular weight excluding hydrogens is 340 g/mol. The van der Waals surface area contributed by atoms with E-state index in [1.807, 2.05) is 0 Å². The van der Waals surface area contributed by atoms with Gasteiger partial charge in [0.15, 0.2) is 0 Å². The number of amides is 1. The lowest BCUT2D eigenvalue weighted by atomic mass is 10.1. The van der Waals surface area contributed by atoms with Crippen molar-refractivity contribution < 1.29 is 4.79 Å². The van der Waals surface area contributed by atoms with Crippen LogP contribution < -0.4 is 21.7 Å². The summed E-state index contributed by atoms with van der Waals surface area (Å²) in [7, 11) is 3.53. The molecule has 1 aliphatic rings. The van der Waals surface area contributed by atoms with Crippen LogP contribution in [-0.2, 0) is 24.3 Å². The third-order valence-electron chi connectivity index (χ3n) is 4.33. The van der Waals surface area contributed by atoms with Gasteiger partial charge in [-0.25, -0.2) is 9.78 Å². The van der Waals surface area contributed by atoms with Crippen LogP contribution in [0.1, 0.15) is 16.8 Å². The van der Waals surface area contributed by atoms with Crippen molar-refractivity contribution in [3.8, 4) is 0 Å². The van der Waals surface area contributed by atoms with Crippen LogP contribution in [0.15, 0.2) is 20.6 Å². The largest absolute Gasteiger partial charge is 0.348 e. The molecule has 0 saturated carbocycles. The number of aromatic nitrogens is 4. The number of carbonyl (C=O) groups is 1. The second-order valence-electron chi connectivity index (χ2n) is 6.47. The van der Waals surface area contributed by atoms with Crippen LogP contribution in [-0.4, -0.2) is 51.0 Å². The van der Waals surface area contributed by atoms with E-state index >= 15 is 0 Å². The van der Waals surface area contributed by atoms with Crippen molar-refractivity contribution in [2.24, 2.45) is 0 Å². The zero-order chi connectivity index (χ0) is 19.0. The first-order chi connectivity index (χ1) is 12.3. The number of fused-ring (bicyclic) bond motifs is 1. The minimum absolute atomic E-state index is 0.185. The number of hydrogen-bond donors (Lipinski definition) is 2. The standard InChI is InChI=1S/C16H20N6O4/c1-9-6-22(16(26)19-13(9)24)8-12(23)21-5-4-10-11(7-21)17-15(20(2)3)18-14(10)25/h6H,4-5,7-8H2,1-3H3,(H,17,18,25)(H,19,24,26). The van der Waals surface area contributed by atoms with E-state index in [4.69, 9.17) is 0 Å². The molecule has 0 spiro atoms. The van der Waals surface area contributed by atoms with Crippen LogP contribution in [0.4, 0.5) is 5.95 Å². The number of carbonyl (C=O) groups excluding carboxylic acids is 1. The minimum Gasteiger partial charge on any atom is -0.348 e. The van der Waals surface area contributed by atoms with Gasteiger partial charge in [-0.1, -0.05) is 0 Å². The highest BCUT2D eigenvalue weighted by molar-refractivity contribution is 5.76. The first-order valence-corrected chi connectivity index (χ1v) is 8.14. The molecule has 3 heterocycles. The maximum atomic E-state index is 12.6. The predicted molar refractivity (Wildman–Crippen MR) is 94.4 cm³/mol. The van der Waals surface area contributed by atoms with E-state index in [1.165, 1.54) is 10.8 Å². The number of rotatable bonds is 3. The van der Waals surface area contributed by atoms with Crippen molar-refractivity contribution in [2.75, 3.05) is 25.5 Å². The van der Waals surface area contributed by atoms with Crippen molar-refractivity contribution in [3.63, 3.8) is 0 Å². The second kappa shape index (κ2) is 6.62. The summed E-state index contributed by atoms with van der Waals surface area (Å²) in [5, 5.41) is 0. The molecule has 10 nitrogen and oxygen atoms in total. The molecule has 138 valence electrons. The zero-order valence-electron chi connectivity index (χ0n) is 14.8. The van der Waals surface area contributed by atoms with Crippen LogP contribution in [0.3, 0.4) is 0 Å². The van der Waals surface area contributed by atoms with Crippen LogP contribution in [0.25, 0.3) is 0 Å². The number of H-pyrrole nitrogens is 2. The third-order valence-corrected chi connectivity index (χ3v) is 4.33. The number of hydrogen-bond acceptors (Lipinski definition) is 6. The number of anilines is 1. The van der Waals surface area contributed by atoms with Gasteiger partial charge in [0.2, 0.25) is 11.9 Å². The molecule has 0 fully saturated rings. The summed E-state index contributed by atoms with van der Waals surface area (Å²) >= 11 is 0. The summed E-state index contributed by atoms with van der Waals surface area (Å²) in [6.45, 7) is 1.95. The highest BCUT2D eigenvalue weighted by Crippen LogP contribution is 2.16. The molecule has 0 aliphatic carbocycles. The van der Waals surface area contributed by atoms with Crippen molar-refractivity contribution in [3.05, 3.63) is 54.2 Å². The molecule has 2 aromatic rings. The average molecular weight is 360 g/mol. The SMILES string of the molecule is Cc1cn(CC(=O)N2CCc3c(nc(N(C)C)[nH]c3=O)C2)c(=O)[nH]c1=O. The smallest absolute Gasteiger partial charge is 0.328 e. The van der Waals surface area contributed by atoms with Gasteiger partial charge in [0.05, 0.1) is 12.2 Å². The van der Waals surface area contributed by atoms with Gasteiger partial charge in [-0.05, 0) is 13.3 Å². The molecule has 1 aliphatic heterocycles. The molecule has 3 rings (SSSR count). The van der Waals surface area contributed by atoms with E-state index in [-0.39, 0.29) is 24.6 Å². The fourth-order valence-corrected chi connectivity index (χ4v) is 2.83. The molecule has 0 atom stereocenters. The monoisotopic (exact) mass is 360 g/mol. The molecule has 1 amide bonds. The molecule has 0 unspecified atom stereocenters. The van der Waals surface area contributed by atoms with Gasteiger partial charge in [0, 0.05) is 38.0 Å². The quantitative estimate of drug-likeness (QED) is 0.692. The lowest BCUT2D eigenvalue weighted by Gasteiger charge is -2.28. The van der Waals surface area contributed by atoms with E-state index < -0.39 is 11.2 Å². The lowest BCUT2D eigenvalue weighted by molar-refractivity contribution is -0.132. The Kier molecular flexibility index (Phi) is 4.49. The van der Waals surface area contributed by atoms with Crippen molar-refractivity contribution in [1.82, 2.24) is 24.4 Å². The topological polar surface area (TPSA) is 124 Å². The van der Waals surface area contributed by atoms with E-state index in [9.17, 15) is 19.2 Å². The fraction of sp³-hybridized carbons (Fsp3) is 0.438. The molecule has 0 aromatic carbocycles. The second-order valence-corrected chi connectivity index (χ2v) is 6.47. The Morgan fingerprint density at radius 3 is 2.65 bits per heavy atom. The molecule has 10 heteroatoms. The van der Waals surface area contributed by atoms with E-state index in [1.54, 1.807) is 30.8 Å². The van der Waals surface area contributed by atoms with Gasteiger partial charge in [0.25, 0.3) is 11.1 Å². The van der Waals surface area contributed by atoms with Gasteiger partial charge >= 0.3 is 5.69 Å². The van der Waals surface area contributed by atoms with E-state index in [0.717, 1.165) is 0 Å². The summed E-state index contributed by atoms with van der Waals surface area (Å²) in [4.78, 5) is 60.6. The van der Waals surface area contributed by atoms with Crippen LogP contribution in [0.5, 0.6) is 0 Å². The number of nitrogens with zero attached hydrogens (tertiary/aromatic N) is 4. The van der Waals surface area contributed by atoms with Gasteiger partial charge < -0.3 is 9.80 Å². The number of aryl methyl sites for hydroxylation is 1. The van der Waals surface area contributed by atoms with Gasteiger partial charge in [-0.15, -0.1) is 0 Å². The van der Waals surface area contributed by atoms with Crippen molar-refractivity contribution in [2.45, 2.75) is 26.4 Å². The molecular formula is C16H20N6O4. The summed E-state index contributed by atoms with van der Waals surface area (Å²) in [5.74, 6) is 0.146. The lowest BCUT2D eigenvalue weighted by Crippen LogP contribution is -2.43. The van der Waals surface area contributed by atoms with Gasteiger partial charge in [-0.3, -0.25) is 28.9 Å². The molecule has 26 heavy (non-hydrogen) atoms.